The Labute approximate surface area is 185 Å². The third-order valence-corrected chi connectivity index (χ3v) is 5.81. The Kier molecular flexibility index (Phi) is 5.26. The summed E-state index contributed by atoms with van der Waals surface area (Å²) in [6.07, 6.45) is 0. The quantitative estimate of drug-likeness (QED) is 0.440. The molecule has 1 aliphatic rings. The highest BCUT2D eigenvalue weighted by molar-refractivity contribution is 6.30. The van der Waals surface area contributed by atoms with Crippen LogP contribution in [0.4, 0.5) is 0 Å². The lowest BCUT2D eigenvalue weighted by Gasteiger charge is -2.39. The van der Waals surface area contributed by atoms with Gasteiger partial charge in [0, 0.05) is 23.7 Å². The highest BCUT2D eigenvalue weighted by Gasteiger charge is 2.39. The van der Waals surface area contributed by atoms with Crippen LogP contribution in [0.1, 0.15) is 28.9 Å². The molecule has 3 aromatic carbocycles. The van der Waals surface area contributed by atoms with Crippen molar-refractivity contribution in [2.75, 3.05) is 13.1 Å². The Morgan fingerprint density at radius 3 is 2.19 bits per heavy atom. The predicted molar refractivity (Wildman–Crippen MR) is 119 cm³/mol. The number of nitrogens with zero attached hydrogens (tertiary/aromatic N) is 3. The van der Waals surface area contributed by atoms with Crippen molar-refractivity contribution in [3.8, 4) is 11.4 Å². The monoisotopic (exact) mass is 429 g/mol. The summed E-state index contributed by atoms with van der Waals surface area (Å²) in [5.41, 5.74) is 2.79. The van der Waals surface area contributed by atoms with Gasteiger partial charge in [0.15, 0.2) is 0 Å². The predicted octanol–water partition coefficient (Wildman–Crippen LogP) is 5.15. The molecule has 31 heavy (non-hydrogen) atoms. The number of hydrogen-bond acceptors (Lipinski definition) is 4. The number of likely N-dealkylation sites (tertiary alicyclic amines) is 1. The molecule has 0 atom stereocenters. The van der Waals surface area contributed by atoms with Gasteiger partial charge in [-0.05, 0) is 23.3 Å². The Hall–Kier alpha value is -3.44. The van der Waals surface area contributed by atoms with Crippen molar-refractivity contribution in [1.29, 1.82) is 0 Å². The van der Waals surface area contributed by atoms with Crippen molar-refractivity contribution in [3.63, 3.8) is 0 Å². The summed E-state index contributed by atoms with van der Waals surface area (Å²) in [7, 11) is 0. The maximum absolute atomic E-state index is 13.4. The first-order valence-corrected chi connectivity index (χ1v) is 10.5. The lowest BCUT2D eigenvalue weighted by Crippen LogP contribution is -2.50. The molecule has 1 fully saturated rings. The summed E-state index contributed by atoms with van der Waals surface area (Å²) in [6, 6.07) is 27.1. The lowest BCUT2D eigenvalue weighted by atomic mass is 9.88. The van der Waals surface area contributed by atoms with Crippen LogP contribution in [0.2, 0.25) is 5.02 Å². The molecular weight excluding hydrogens is 410 g/mol. The molecule has 0 spiro atoms. The summed E-state index contributed by atoms with van der Waals surface area (Å²) >= 11 is 6.06. The minimum absolute atomic E-state index is 0.0385. The van der Waals surface area contributed by atoms with E-state index in [1.165, 1.54) is 0 Å². The van der Waals surface area contributed by atoms with Crippen LogP contribution in [-0.4, -0.2) is 34.0 Å². The summed E-state index contributed by atoms with van der Waals surface area (Å²) in [4.78, 5) is 19.8. The average molecular weight is 430 g/mol. The highest BCUT2D eigenvalue weighted by Crippen LogP contribution is 2.33. The highest BCUT2D eigenvalue weighted by atomic mass is 35.5. The third-order valence-electron chi connectivity index (χ3n) is 5.58. The molecule has 1 aromatic heterocycles. The Morgan fingerprint density at radius 1 is 0.935 bits per heavy atom. The van der Waals surface area contributed by atoms with Crippen LogP contribution in [0.5, 0.6) is 0 Å². The van der Waals surface area contributed by atoms with Crippen LogP contribution in [0, 0.1) is 0 Å². The zero-order valence-electron chi connectivity index (χ0n) is 16.7. The molecule has 0 bridgehead atoms. The molecule has 0 radical (unpaired) electrons. The molecule has 6 heteroatoms. The third kappa shape index (κ3) is 3.97. The molecule has 4 aromatic rings. The van der Waals surface area contributed by atoms with Crippen molar-refractivity contribution >= 4 is 17.5 Å². The fourth-order valence-electron chi connectivity index (χ4n) is 3.91. The molecule has 0 saturated carbocycles. The van der Waals surface area contributed by atoms with Crippen molar-refractivity contribution in [1.82, 2.24) is 15.0 Å². The minimum Gasteiger partial charge on any atom is -0.340 e. The fourth-order valence-corrected chi connectivity index (χ4v) is 4.10. The summed E-state index contributed by atoms with van der Waals surface area (Å²) < 4.78 is 5.48. The van der Waals surface area contributed by atoms with Gasteiger partial charge in [-0.25, -0.2) is 0 Å². The smallest absolute Gasteiger partial charge is 0.234 e. The molecular formula is C25H20ClN3O2. The van der Waals surface area contributed by atoms with E-state index >= 15 is 0 Å². The number of amides is 1. The minimum atomic E-state index is -0.326. The first-order valence-electron chi connectivity index (χ1n) is 10.2. The van der Waals surface area contributed by atoms with Gasteiger partial charge >= 0.3 is 0 Å². The number of halogens is 1. The van der Waals surface area contributed by atoms with E-state index < -0.39 is 0 Å². The number of carbonyl (C=O) groups excluding carboxylic acids is 1. The Balaban J connectivity index is 1.32. The van der Waals surface area contributed by atoms with Gasteiger partial charge in [-0.2, -0.15) is 4.98 Å². The summed E-state index contributed by atoms with van der Waals surface area (Å²) in [5, 5.41) is 4.70. The number of carbonyl (C=O) groups is 1. The van der Waals surface area contributed by atoms with E-state index in [4.69, 9.17) is 16.1 Å². The second-order valence-corrected chi connectivity index (χ2v) is 8.10. The molecule has 1 saturated heterocycles. The Bertz CT molecular complexity index is 1150. The molecule has 0 aliphatic carbocycles. The molecule has 2 heterocycles. The van der Waals surface area contributed by atoms with E-state index in [0.717, 1.165) is 16.7 Å². The molecule has 1 amide bonds. The van der Waals surface area contributed by atoms with Gasteiger partial charge in [0.1, 0.15) is 0 Å². The second kappa shape index (κ2) is 8.36. The Morgan fingerprint density at radius 2 is 1.58 bits per heavy atom. The van der Waals surface area contributed by atoms with E-state index in [-0.39, 0.29) is 17.7 Å². The molecule has 1 aliphatic heterocycles. The largest absolute Gasteiger partial charge is 0.340 e. The topological polar surface area (TPSA) is 59.2 Å². The number of hydrogen-bond donors (Lipinski definition) is 0. The van der Waals surface area contributed by atoms with Gasteiger partial charge in [-0.3, -0.25) is 4.79 Å². The van der Waals surface area contributed by atoms with Crippen LogP contribution in [0.25, 0.3) is 11.4 Å². The van der Waals surface area contributed by atoms with Gasteiger partial charge in [0.2, 0.25) is 17.6 Å². The maximum Gasteiger partial charge on any atom is 0.234 e. The van der Waals surface area contributed by atoms with Gasteiger partial charge in [-0.1, -0.05) is 89.6 Å². The standard InChI is InChI=1S/C25H20ClN3O2/c26-21-13-7-12-19(14-21)23-27-24(31-28-23)20-15-29(16-20)25(30)22(17-8-3-1-4-9-17)18-10-5-2-6-11-18/h1-14,20,22H,15-16H2. The van der Waals surface area contributed by atoms with Crippen LogP contribution >= 0.6 is 11.6 Å². The van der Waals surface area contributed by atoms with Gasteiger partial charge in [-0.15, -0.1) is 0 Å². The number of benzene rings is 3. The molecule has 5 nitrogen and oxygen atoms in total. The van der Waals surface area contributed by atoms with E-state index in [1.54, 1.807) is 12.1 Å². The van der Waals surface area contributed by atoms with Crippen LogP contribution in [0.15, 0.2) is 89.5 Å². The van der Waals surface area contributed by atoms with Gasteiger partial charge in [0.05, 0.1) is 11.8 Å². The summed E-state index contributed by atoms with van der Waals surface area (Å²) in [6.45, 7) is 1.12. The molecule has 0 unspecified atom stereocenters. The maximum atomic E-state index is 13.4. The average Bonchev–Trinajstić information content (AvgIpc) is 3.24. The summed E-state index contributed by atoms with van der Waals surface area (Å²) in [5.74, 6) is 0.858. The van der Waals surface area contributed by atoms with E-state index in [2.05, 4.69) is 10.1 Å². The van der Waals surface area contributed by atoms with Crippen molar-refractivity contribution in [2.45, 2.75) is 11.8 Å². The second-order valence-electron chi connectivity index (χ2n) is 7.66. The van der Waals surface area contributed by atoms with Crippen LogP contribution < -0.4 is 0 Å². The zero-order valence-corrected chi connectivity index (χ0v) is 17.4. The normalized spacial score (nSPS) is 13.9. The van der Waals surface area contributed by atoms with E-state index in [1.807, 2.05) is 77.7 Å². The molecule has 5 rings (SSSR count). The van der Waals surface area contributed by atoms with Crippen LogP contribution in [0.3, 0.4) is 0 Å². The van der Waals surface area contributed by atoms with Crippen molar-refractivity contribution in [3.05, 3.63) is 107 Å². The van der Waals surface area contributed by atoms with Crippen LogP contribution in [-0.2, 0) is 4.79 Å². The molecule has 0 N–H and O–H groups in total. The first-order chi connectivity index (χ1) is 15.2. The fraction of sp³-hybridized carbons (Fsp3) is 0.160. The zero-order chi connectivity index (χ0) is 21.2. The molecule has 154 valence electrons. The van der Waals surface area contributed by atoms with E-state index in [0.29, 0.717) is 29.8 Å². The number of aromatic nitrogens is 2. The van der Waals surface area contributed by atoms with Gasteiger partial charge < -0.3 is 9.42 Å². The first kappa shape index (κ1) is 19.5. The number of rotatable bonds is 5. The SMILES string of the molecule is O=C(C(c1ccccc1)c1ccccc1)N1CC(c2nc(-c3cccc(Cl)c3)no2)C1. The van der Waals surface area contributed by atoms with Crippen molar-refractivity contribution < 1.29 is 9.32 Å². The van der Waals surface area contributed by atoms with Crippen molar-refractivity contribution in [2.24, 2.45) is 0 Å². The lowest BCUT2D eigenvalue weighted by molar-refractivity contribution is -0.136. The van der Waals surface area contributed by atoms with E-state index in [9.17, 15) is 4.79 Å². The van der Waals surface area contributed by atoms with Gasteiger partial charge in [0.25, 0.3) is 0 Å².